The highest BCUT2D eigenvalue weighted by Crippen LogP contribution is 2.27. The largest absolute Gasteiger partial charge is 0.368 e. The van der Waals surface area contributed by atoms with E-state index in [2.05, 4.69) is 15.2 Å². The van der Waals surface area contributed by atoms with Crippen molar-refractivity contribution in [2.75, 3.05) is 31.1 Å². The van der Waals surface area contributed by atoms with Crippen molar-refractivity contribution >= 4 is 11.6 Å². The van der Waals surface area contributed by atoms with E-state index in [1.54, 1.807) is 12.1 Å². The zero-order chi connectivity index (χ0) is 17.9. The standard InChI is InChI=1S/C19H24FN5O/c20-15-6-8-16(9-7-15)23-10-12-24(13-11-23)19(26)18-14-25(22-21-18)17-4-2-1-3-5-17/h6-9,14,17H,1-5,10-13H2. The van der Waals surface area contributed by atoms with Crippen LogP contribution in [0.25, 0.3) is 0 Å². The number of anilines is 1. The SMILES string of the molecule is O=C(c1cn(C2CCCCC2)nn1)N1CCN(c2ccc(F)cc2)CC1. The summed E-state index contributed by atoms with van der Waals surface area (Å²) in [5.41, 5.74) is 1.42. The number of piperazine rings is 1. The van der Waals surface area contributed by atoms with E-state index in [1.165, 1.54) is 31.4 Å². The summed E-state index contributed by atoms with van der Waals surface area (Å²) in [5.74, 6) is -0.283. The lowest BCUT2D eigenvalue weighted by Gasteiger charge is -2.35. The van der Waals surface area contributed by atoms with Gasteiger partial charge in [0.25, 0.3) is 5.91 Å². The van der Waals surface area contributed by atoms with Gasteiger partial charge in [-0.2, -0.15) is 0 Å². The Bertz CT molecular complexity index is 746. The molecule has 1 aliphatic carbocycles. The van der Waals surface area contributed by atoms with Crippen LogP contribution in [0.3, 0.4) is 0 Å². The van der Waals surface area contributed by atoms with Crippen molar-refractivity contribution in [3.05, 3.63) is 42.0 Å². The van der Waals surface area contributed by atoms with Gasteiger partial charge in [-0.05, 0) is 37.1 Å². The monoisotopic (exact) mass is 357 g/mol. The van der Waals surface area contributed by atoms with Crippen LogP contribution in [0.4, 0.5) is 10.1 Å². The van der Waals surface area contributed by atoms with Crippen LogP contribution in [0.1, 0.15) is 48.6 Å². The van der Waals surface area contributed by atoms with E-state index < -0.39 is 0 Å². The number of amides is 1. The molecule has 1 aromatic heterocycles. The number of hydrogen-bond donors (Lipinski definition) is 0. The number of aromatic nitrogens is 3. The lowest BCUT2D eigenvalue weighted by atomic mass is 9.96. The number of carbonyl (C=O) groups excluding carboxylic acids is 1. The molecular weight excluding hydrogens is 333 g/mol. The van der Waals surface area contributed by atoms with Crippen molar-refractivity contribution in [2.24, 2.45) is 0 Å². The number of carbonyl (C=O) groups is 1. The van der Waals surface area contributed by atoms with Crippen LogP contribution >= 0.6 is 0 Å². The predicted molar refractivity (Wildman–Crippen MR) is 96.7 cm³/mol. The summed E-state index contributed by atoms with van der Waals surface area (Å²) in [6.07, 6.45) is 7.78. The second-order valence-corrected chi connectivity index (χ2v) is 7.13. The zero-order valence-electron chi connectivity index (χ0n) is 14.9. The van der Waals surface area contributed by atoms with E-state index in [1.807, 2.05) is 15.8 Å². The topological polar surface area (TPSA) is 54.3 Å². The molecule has 2 fully saturated rings. The highest BCUT2D eigenvalue weighted by atomic mass is 19.1. The van der Waals surface area contributed by atoms with Crippen LogP contribution in [0, 0.1) is 5.82 Å². The van der Waals surface area contributed by atoms with Crippen molar-refractivity contribution in [3.8, 4) is 0 Å². The van der Waals surface area contributed by atoms with Gasteiger partial charge in [0, 0.05) is 31.9 Å². The van der Waals surface area contributed by atoms with Crippen LogP contribution in [0.15, 0.2) is 30.5 Å². The summed E-state index contributed by atoms with van der Waals surface area (Å²) in [6, 6.07) is 6.88. The second kappa shape index (κ2) is 7.43. The average Bonchev–Trinajstić information content (AvgIpc) is 3.19. The molecule has 1 aromatic carbocycles. The molecule has 7 heteroatoms. The molecule has 0 bridgehead atoms. The van der Waals surface area contributed by atoms with Gasteiger partial charge in [0.15, 0.2) is 5.69 Å². The summed E-state index contributed by atoms with van der Waals surface area (Å²) in [7, 11) is 0. The Labute approximate surface area is 152 Å². The summed E-state index contributed by atoms with van der Waals surface area (Å²) < 4.78 is 14.9. The van der Waals surface area contributed by atoms with Gasteiger partial charge in [0.2, 0.25) is 0 Å². The van der Waals surface area contributed by atoms with E-state index in [0.717, 1.165) is 31.6 Å². The van der Waals surface area contributed by atoms with Crippen molar-refractivity contribution in [1.29, 1.82) is 0 Å². The molecule has 1 saturated heterocycles. The fraction of sp³-hybridized carbons (Fsp3) is 0.526. The third-order valence-electron chi connectivity index (χ3n) is 5.44. The molecule has 1 saturated carbocycles. The van der Waals surface area contributed by atoms with Crippen LogP contribution in [-0.4, -0.2) is 52.0 Å². The molecule has 1 aliphatic heterocycles. The predicted octanol–water partition coefficient (Wildman–Crippen LogP) is 2.88. The summed E-state index contributed by atoms with van der Waals surface area (Å²) in [4.78, 5) is 16.7. The molecule has 6 nitrogen and oxygen atoms in total. The highest BCUT2D eigenvalue weighted by Gasteiger charge is 2.25. The van der Waals surface area contributed by atoms with Crippen LogP contribution in [0.5, 0.6) is 0 Å². The molecule has 0 atom stereocenters. The first kappa shape index (κ1) is 17.0. The van der Waals surface area contributed by atoms with Crippen molar-refractivity contribution in [2.45, 2.75) is 38.1 Å². The normalized spacial score (nSPS) is 19.0. The molecule has 1 amide bonds. The molecular formula is C19H24FN5O. The van der Waals surface area contributed by atoms with E-state index in [-0.39, 0.29) is 11.7 Å². The molecule has 2 aliphatic rings. The molecule has 138 valence electrons. The quantitative estimate of drug-likeness (QED) is 0.848. The van der Waals surface area contributed by atoms with Crippen molar-refractivity contribution in [3.63, 3.8) is 0 Å². The third-order valence-corrected chi connectivity index (χ3v) is 5.44. The lowest BCUT2D eigenvalue weighted by Crippen LogP contribution is -2.48. The van der Waals surface area contributed by atoms with Gasteiger partial charge in [-0.15, -0.1) is 5.10 Å². The summed E-state index contributed by atoms with van der Waals surface area (Å²) >= 11 is 0. The average molecular weight is 357 g/mol. The van der Waals surface area contributed by atoms with Crippen molar-refractivity contribution < 1.29 is 9.18 Å². The smallest absolute Gasteiger partial charge is 0.276 e. The van der Waals surface area contributed by atoms with Crippen LogP contribution < -0.4 is 4.90 Å². The molecule has 0 radical (unpaired) electrons. The highest BCUT2D eigenvalue weighted by molar-refractivity contribution is 5.92. The van der Waals surface area contributed by atoms with E-state index in [0.29, 0.717) is 24.8 Å². The van der Waals surface area contributed by atoms with E-state index >= 15 is 0 Å². The maximum absolute atomic E-state index is 13.1. The molecule has 2 heterocycles. The minimum atomic E-state index is -0.233. The second-order valence-electron chi connectivity index (χ2n) is 7.13. The van der Waals surface area contributed by atoms with E-state index in [9.17, 15) is 9.18 Å². The molecule has 2 aromatic rings. The zero-order valence-corrected chi connectivity index (χ0v) is 14.9. The van der Waals surface area contributed by atoms with Gasteiger partial charge in [0.05, 0.1) is 12.2 Å². The first-order valence-corrected chi connectivity index (χ1v) is 9.42. The number of hydrogen-bond acceptors (Lipinski definition) is 4. The maximum atomic E-state index is 13.1. The number of benzene rings is 1. The maximum Gasteiger partial charge on any atom is 0.276 e. The van der Waals surface area contributed by atoms with Gasteiger partial charge < -0.3 is 9.80 Å². The molecule has 0 spiro atoms. The van der Waals surface area contributed by atoms with Crippen LogP contribution in [-0.2, 0) is 0 Å². The Morgan fingerprint density at radius 1 is 1.00 bits per heavy atom. The first-order valence-electron chi connectivity index (χ1n) is 9.42. The fourth-order valence-corrected chi connectivity index (χ4v) is 3.88. The number of nitrogens with zero attached hydrogens (tertiary/aromatic N) is 5. The molecule has 26 heavy (non-hydrogen) atoms. The van der Waals surface area contributed by atoms with Gasteiger partial charge in [-0.3, -0.25) is 4.79 Å². The minimum absolute atomic E-state index is 0.0502. The Hall–Kier alpha value is -2.44. The van der Waals surface area contributed by atoms with Crippen LogP contribution in [0.2, 0.25) is 0 Å². The Kier molecular flexibility index (Phi) is 4.86. The Morgan fingerprint density at radius 3 is 2.38 bits per heavy atom. The minimum Gasteiger partial charge on any atom is -0.368 e. The van der Waals surface area contributed by atoms with Crippen molar-refractivity contribution in [1.82, 2.24) is 19.9 Å². The van der Waals surface area contributed by atoms with Gasteiger partial charge in [-0.25, -0.2) is 9.07 Å². The van der Waals surface area contributed by atoms with Gasteiger partial charge in [-0.1, -0.05) is 24.5 Å². The Morgan fingerprint density at radius 2 is 1.69 bits per heavy atom. The summed E-state index contributed by atoms with van der Waals surface area (Å²) in [6.45, 7) is 2.72. The number of rotatable bonds is 3. The number of halogens is 1. The van der Waals surface area contributed by atoms with Gasteiger partial charge >= 0.3 is 0 Å². The fourth-order valence-electron chi connectivity index (χ4n) is 3.88. The molecule has 0 unspecified atom stereocenters. The summed E-state index contributed by atoms with van der Waals surface area (Å²) in [5, 5.41) is 8.32. The molecule has 0 N–H and O–H groups in total. The third kappa shape index (κ3) is 3.57. The van der Waals surface area contributed by atoms with Gasteiger partial charge in [0.1, 0.15) is 5.82 Å². The van der Waals surface area contributed by atoms with E-state index in [4.69, 9.17) is 0 Å². The Balaban J connectivity index is 1.36. The first-order chi connectivity index (χ1) is 12.7. The lowest BCUT2D eigenvalue weighted by molar-refractivity contribution is 0.0740. The molecule has 4 rings (SSSR count).